The molecule has 0 aromatic carbocycles. The minimum Gasteiger partial charge on any atom is -0.260 e. The number of hydrogen-bond donors (Lipinski definition) is 1. The van der Waals surface area contributed by atoms with Gasteiger partial charge in [-0.25, -0.2) is 9.97 Å². The third-order valence-electron chi connectivity index (χ3n) is 2.70. The minimum atomic E-state index is -0.0405. The zero-order valence-corrected chi connectivity index (χ0v) is 11.4. The van der Waals surface area contributed by atoms with Gasteiger partial charge in [-0.05, 0) is 0 Å². The summed E-state index contributed by atoms with van der Waals surface area (Å²) in [5, 5.41) is 8.39. The highest BCUT2D eigenvalue weighted by molar-refractivity contribution is 5.77. The molecule has 2 rings (SSSR count). The van der Waals surface area contributed by atoms with Crippen LogP contribution in [0, 0.1) is 0 Å². The van der Waals surface area contributed by atoms with Gasteiger partial charge in [0.15, 0.2) is 5.65 Å². The Kier molecular flexibility index (Phi) is 2.49. The number of hydrogen-bond acceptors (Lipinski definition) is 3. The summed E-state index contributed by atoms with van der Waals surface area (Å²) in [5.41, 5.74) is 1.81. The molecule has 92 valence electrons. The first-order chi connectivity index (χ1) is 7.69. The molecular weight excluding hydrogens is 212 g/mol. The smallest absolute Gasteiger partial charge is 0.159 e. The summed E-state index contributed by atoms with van der Waals surface area (Å²) in [6, 6.07) is 0. The van der Waals surface area contributed by atoms with E-state index < -0.39 is 0 Å². The van der Waals surface area contributed by atoms with Gasteiger partial charge in [0.1, 0.15) is 5.82 Å². The molecule has 0 atom stereocenters. The van der Waals surface area contributed by atoms with Crippen LogP contribution in [0.4, 0.5) is 0 Å². The summed E-state index contributed by atoms with van der Waals surface area (Å²) < 4.78 is 0. The molecule has 4 nitrogen and oxygen atoms in total. The lowest BCUT2D eigenvalue weighted by atomic mass is 9.90. The summed E-state index contributed by atoms with van der Waals surface area (Å²) in [7, 11) is 0. The zero-order valence-electron chi connectivity index (χ0n) is 11.4. The van der Waals surface area contributed by atoms with Crippen molar-refractivity contribution in [1.82, 2.24) is 20.2 Å². The number of nitrogens with zero attached hydrogens (tertiary/aromatic N) is 3. The van der Waals surface area contributed by atoms with Crippen LogP contribution in [0.1, 0.15) is 53.1 Å². The number of aromatic amines is 1. The van der Waals surface area contributed by atoms with E-state index >= 15 is 0 Å². The van der Waals surface area contributed by atoms with Gasteiger partial charge in [0, 0.05) is 17.0 Å². The van der Waals surface area contributed by atoms with Crippen LogP contribution < -0.4 is 0 Å². The molecule has 4 heteroatoms. The first-order valence-electron chi connectivity index (χ1n) is 5.91. The average Bonchev–Trinajstić information content (AvgIpc) is 2.57. The fourth-order valence-corrected chi connectivity index (χ4v) is 1.74. The first-order valence-corrected chi connectivity index (χ1v) is 5.91. The van der Waals surface area contributed by atoms with Crippen molar-refractivity contribution in [1.29, 1.82) is 0 Å². The number of nitrogens with one attached hydrogen (secondary N) is 1. The van der Waals surface area contributed by atoms with Gasteiger partial charge >= 0.3 is 0 Å². The zero-order chi connectivity index (χ0) is 12.8. The van der Waals surface area contributed by atoms with Crippen molar-refractivity contribution in [2.45, 2.75) is 52.4 Å². The van der Waals surface area contributed by atoms with Crippen LogP contribution >= 0.6 is 0 Å². The van der Waals surface area contributed by atoms with Gasteiger partial charge in [-0.15, -0.1) is 0 Å². The monoisotopic (exact) mass is 232 g/mol. The molecule has 1 N–H and O–H groups in total. The maximum absolute atomic E-state index is 4.55. The Labute approximate surface area is 102 Å². The third kappa shape index (κ3) is 2.16. The lowest BCUT2D eigenvalue weighted by Crippen LogP contribution is -2.16. The number of fused-ring (bicyclic) bond motifs is 1. The summed E-state index contributed by atoms with van der Waals surface area (Å²) in [4.78, 5) is 9.00. The van der Waals surface area contributed by atoms with Crippen molar-refractivity contribution < 1.29 is 0 Å². The second kappa shape index (κ2) is 3.52. The largest absolute Gasteiger partial charge is 0.260 e. The maximum atomic E-state index is 4.55. The molecule has 0 unspecified atom stereocenters. The fourth-order valence-electron chi connectivity index (χ4n) is 1.74. The summed E-state index contributed by atoms with van der Waals surface area (Å²) >= 11 is 0. The predicted molar refractivity (Wildman–Crippen MR) is 69.1 cm³/mol. The van der Waals surface area contributed by atoms with E-state index in [1.165, 1.54) is 0 Å². The van der Waals surface area contributed by atoms with Crippen LogP contribution in [0.3, 0.4) is 0 Å². The van der Waals surface area contributed by atoms with E-state index in [1.807, 2.05) is 6.20 Å². The molecule has 0 amide bonds. The Bertz CT molecular complexity index is 541. The Morgan fingerprint density at radius 1 is 1.00 bits per heavy atom. The van der Waals surface area contributed by atoms with Crippen molar-refractivity contribution >= 4 is 11.0 Å². The molecule has 0 fully saturated rings. The minimum absolute atomic E-state index is 0.00482. The maximum Gasteiger partial charge on any atom is 0.159 e. The summed E-state index contributed by atoms with van der Waals surface area (Å²) in [5.74, 6) is 0.842. The van der Waals surface area contributed by atoms with Crippen molar-refractivity contribution in [3.63, 3.8) is 0 Å². The number of aromatic nitrogens is 4. The summed E-state index contributed by atoms with van der Waals surface area (Å²) in [6.07, 6.45) is 1.88. The van der Waals surface area contributed by atoms with E-state index in [0.29, 0.717) is 0 Å². The third-order valence-corrected chi connectivity index (χ3v) is 2.70. The average molecular weight is 232 g/mol. The van der Waals surface area contributed by atoms with E-state index in [-0.39, 0.29) is 10.8 Å². The Balaban J connectivity index is 2.61. The Morgan fingerprint density at radius 3 is 2.18 bits per heavy atom. The number of H-pyrrole nitrogens is 1. The second-order valence-electron chi connectivity index (χ2n) is 6.53. The van der Waals surface area contributed by atoms with E-state index in [1.54, 1.807) is 0 Å². The van der Waals surface area contributed by atoms with Crippen molar-refractivity contribution in [2.24, 2.45) is 0 Å². The predicted octanol–water partition coefficient (Wildman–Crippen LogP) is 2.95. The van der Waals surface area contributed by atoms with E-state index in [2.05, 4.69) is 61.7 Å². The fraction of sp³-hybridized carbons (Fsp3) is 0.615. The second-order valence-corrected chi connectivity index (χ2v) is 6.53. The lowest BCUT2D eigenvalue weighted by molar-refractivity contribution is 0.547. The van der Waals surface area contributed by atoms with E-state index in [0.717, 1.165) is 22.6 Å². The normalized spacial score (nSPS) is 13.3. The standard InChI is InChI=1S/C13H20N4/c1-12(2,3)9-8-7-14-11(13(4,5)6)15-10(8)17-16-9/h7H,1-6H3,(H,14,15,16,17). The first kappa shape index (κ1) is 12.0. The molecule has 2 heterocycles. The van der Waals surface area contributed by atoms with Gasteiger partial charge in [-0.1, -0.05) is 41.5 Å². The molecule has 0 aliphatic rings. The van der Waals surface area contributed by atoms with E-state index in [9.17, 15) is 0 Å². The van der Waals surface area contributed by atoms with Crippen molar-refractivity contribution in [3.8, 4) is 0 Å². The Hall–Kier alpha value is -1.45. The van der Waals surface area contributed by atoms with Crippen LogP contribution in [0.2, 0.25) is 0 Å². The highest BCUT2D eigenvalue weighted by Crippen LogP contribution is 2.27. The van der Waals surface area contributed by atoms with Crippen LogP contribution in [0.25, 0.3) is 11.0 Å². The van der Waals surface area contributed by atoms with Gasteiger partial charge < -0.3 is 0 Å². The van der Waals surface area contributed by atoms with Crippen LogP contribution in [-0.2, 0) is 10.8 Å². The summed E-state index contributed by atoms with van der Waals surface area (Å²) in [6.45, 7) is 12.7. The molecule has 0 radical (unpaired) electrons. The molecule has 0 saturated carbocycles. The topological polar surface area (TPSA) is 54.5 Å². The molecule has 0 aliphatic carbocycles. The lowest BCUT2D eigenvalue weighted by Gasteiger charge is -2.17. The van der Waals surface area contributed by atoms with Crippen LogP contribution in [0.5, 0.6) is 0 Å². The molecule has 0 bridgehead atoms. The molecule has 2 aromatic heterocycles. The van der Waals surface area contributed by atoms with Crippen molar-refractivity contribution in [2.75, 3.05) is 0 Å². The van der Waals surface area contributed by atoms with Gasteiger partial charge in [0.25, 0.3) is 0 Å². The van der Waals surface area contributed by atoms with Crippen molar-refractivity contribution in [3.05, 3.63) is 17.7 Å². The number of rotatable bonds is 0. The quantitative estimate of drug-likeness (QED) is 0.759. The molecule has 17 heavy (non-hydrogen) atoms. The molecular formula is C13H20N4. The molecule has 2 aromatic rings. The van der Waals surface area contributed by atoms with Gasteiger partial charge in [-0.3, -0.25) is 5.10 Å². The van der Waals surface area contributed by atoms with Gasteiger partial charge in [0.05, 0.1) is 11.1 Å². The van der Waals surface area contributed by atoms with Crippen LogP contribution in [-0.4, -0.2) is 20.2 Å². The van der Waals surface area contributed by atoms with Crippen LogP contribution in [0.15, 0.2) is 6.20 Å². The van der Waals surface area contributed by atoms with E-state index in [4.69, 9.17) is 0 Å². The Morgan fingerprint density at radius 2 is 1.65 bits per heavy atom. The SMILES string of the molecule is CC(C)(C)c1ncc2c(C(C)(C)C)n[nH]c2n1. The molecule has 0 aliphatic heterocycles. The highest BCUT2D eigenvalue weighted by Gasteiger charge is 2.23. The molecule has 0 spiro atoms. The van der Waals surface area contributed by atoms with Gasteiger partial charge in [0.2, 0.25) is 0 Å². The molecule has 0 saturated heterocycles. The van der Waals surface area contributed by atoms with Gasteiger partial charge in [-0.2, -0.15) is 5.10 Å². The highest BCUT2D eigenvalue weighted by atomic mass is 15.2.